The van der Waals surface area contributed by atoms with Crippen LogP contribution in [0.25, 0.3) is 0 Å². The predicted molar refractivity (Wildman–Crippen MR) is 103 cm³/mol. The molecule has 0 unspecified atom stereocenters. The third-order valence-electron chi connectivity index (χ3n) is 4.83. The number of urea groups is 1. The lowest BCUT2D eigenvalue weighted by atomic mass is 10.1. The number of nitrogens with zero attached hydrogens (tertiary/aromatic N) is 3. The van der Waals surface area contributed by atoms with Gasteiger partial charge in [-0.25, -0.2) is 9.78 Å². The molecule has 4 amide bonds. The van der Waals surface area contributed by atoms with Gasteiger partial charge < -0.3 is 15.2 Å². The molecule has 3 rings (SSSR count). The topological polar surface area (TPSA) is 96.3 Å². The molecule has 2 N–H and O–H groups in total. The average molecular weight is 383 g/mol. The molecule has 0 radical (unpaired) electrons. The minimum absolute atomic E-state index is 0.137. The molecule has 8 nitrogen and oxygen atoms in total. The van der Waals surface area contributed by atoms with Crippen molar-refractivity contribution in [3.8, 4) is 0 Å². The van der Waals surface area contributed by atoms with E-state index in [4.69, 9.17) is 0 Å². The van der Waals surface area contributed by atoms with Crippen LogP contribution >= 0.6 is 0 Å². The van der Waals surface area contributed by atoms with Crippen molar-refractivity contribution in [3.05, 3.63) is 54.1 Å². The first-order chi connectivity index (χ1) is 13.5. The lowest BCUT2D eigenvalue weighted by molar-refractivity contribution is -0.127. The number of carbonyl (C=O) groups is 3. The highest BCUT2D eigenvalue weighted by atomic mass is 16.2. The smallest absolute Gasteiger partial charge is 0.324 e. The molecule has 28 heavy (non-hydrogen) atoms. The largest absolute Gasteiger partial charge is 0.354 e. The van der Waals surface area contributed by atoms with Crippen molar-refractivity contribution < 1.29 is 14.4 Å². The van der Waals surface area contributed by atoms with Crippen molar-refractivity contribution in [3.63, 3.8) is 0 Å². The molecule has 1 fully saturated rings. The van der Waals surface area contributed by atoms with Crippen molar-refractivity contribution in [1.29, 1.82) is 0 Å². The van der Waals surface area contributed by atoms with Crippen molar-refractivity contribution in [2.24, 2.45) is 0 Å². The van der Waals surface area contributed by atoms with Crippen LogP contribution in [0.2, 0.25) is 0 Å². The van der Waals surface area contributed by atoms with E-state index in [9.17, 15) is 14.4 Å². The molecule has 1 atom stereocenters. The van der Waals surface area contributed by atoms with Crippen molar-refractivity contribution in [2.45, 2.75) is 38.8 Å². The summed E-state index contributed by atoms with van der Waals surface area (Å²) < 4.78 is 1.95. The Bertz CT molecular complexity index is 833. The highest BCUT2D eigenvalue weighted by molar-refractivity contribution is 6.04. The fraction of sp³-hybridized carbons (Fsp3) is 0.400. The fourth-order valence-corrected chi connectivity index (χ4v) is 3.19. The third kappa shape index (κ3) is 4.97. The van der Waals surface area contributed by atoms with Gasteiger partial charge in [0.05, 0.1) is 0 Å². The minimum atomic E-state index is -0.634. The highest BCUT2D eigenvalue weighted by Gasteiger charge is 2.37. The second-order valence-electron chi connectivity index (χ2n) is 6.78. The molecule has 1 aliphatic heterocycles. The minimum Gasteiger partial charge on any atom is -0.354 e. The van der Waals surface area contributed by atoms with Crippen LogP contribution in [-0.2, 0) is 22.6 Å². The SMILES string of the molecule is Cc1nccn1CCNC(=O)CC[C@H]1NC(=O)N(CCc2ccccc2)C1=O. The Morgan fingerprint density at radius 3 is 2.71 bits per heavy atom. The maximum absolute atomic E-state index is 12.5. The van der Waals surface area contributed by atoms with Crippen LogP contribution in [0.1, 0.15) is 24.2 Å². The van der Waals surface area contributed by atoms with Gasteiger partial charge in [-0.1, -0.05) is 30.3 Å². The Hall–Kier alpha value is -3.16. The standard InChI is InChI=1S/C20H25N5O3/c1-15-21-10-13-24(15)14-11-22-18(26)8-7-17-19(27)25(20(28)23-17)12-9-16-5-3-2-4-6-16/h2-6,10,13,17H,7-9,11-12,14H2,1H3,(H,22,26)(H,23,28)/t17-/m1/s1. The van der Waals surface area contributed by atoms with Crippen molar-refractivity contribution >= 4 is 17.8 Å². The van der Waals surface area contributed by atoms with E-state index < -0.39 is 6.04 Å². The zero-order valence-corrected chi connectivity index (χ0v) is 15.9. The highest BCUT2D eigenvalue weighted by Crippen LogP contribution is 2.12. The van der Waals surface area contributed by atoms with Gasteiger partial charge in [-0.2, -0.15) is 0 Å². The van der Waals surface area contributed by atoms with Crippen LogP contribution < -0.4 is 10.6 Å². The summed E-state index contributed by atoms with van der Waals surface area (Å²) in [6, 6.07) is 8.69. The van der Waals surface area contributed by atoms with Gasteiger partial charge in [0.15, 0.2) is 0 Å². The molecule has 0 aliphatic carbocycles. The molecule has 1 aromatic heterocycles. The Kier molecular flexibility index (Phi) is 6.41. The maximum Gasteiger partial charge on any atom is 0.324 e. The van der Waals surface area contributed by atoms with Gasteiger partial charge in [0.25, 0.3) is 5.91 Å². The molecule has 0 bridgehead atoms. The van der Waals surface area contributed by atoms with Gasteiger partial charge in [0, 0.05) is 38.4 Å². The molecule has 2 heterocycles. The number of nitrogens with one attached hydrogen (secondary N) is 2. The van der Waals surface area contributed by atoms with Crippen LogP contribution in [0.5, 0.6) is 0 Å². The number of benzene rings is 1. The summed E-state index contributed by atoms with van der Waals surface area (Å²) in [4.78, 5) is 41.9. The number of rotatable bonds is 9. The maximum atomic E-state index is 12.5. The molecule has 0 saturated carbocycles. The number of amides is 4. The number of aryl methyl sites for hydroxylation is 1. The fourth-order valence-electron chi connectivity index (χ4n) is 3.19. The first-order valence-electron chi connectivity index (χ1n) is 9.45. The monoisotopic (exact) mass is 383 g/mol. The predicted octanol–water partition coefficient (Wildman–Crippen LogP) is 1.25. The molecule has 1 aliphatic rings. The zero-order chi connectivity index (χ0) is 19.9. The van der Waals surface area contributed by atoms with Gasteiger partial charge in [0.1, 0.15) is 11.9 Å². The lowest BCUT2D eigenvalue weighted by Gasteiger charge is -2.13. The van der Waals surface area contributed by atoms with Crippen molar-refractivity contribution in [1.82, 2.24) is 25.1 Å². The summed E-state index contributed by atoms with van der Waals surface area (Å²) in [5, 5.41) is 5.51. The van der Waals surface area contributed by atoms with E-state index in [0.717, 1.165) is 11.4 Å². The second-order valence-corrected chi connectivity index (χ2v) is 6.78. The van der Waals surface area contributed by atoms with Crippen molar-refractivity contribution in [2.75, 3.05) is 13.1 Å². The number of carbonyl (C=O) groups excluding carboxylic acids is 3. The van der Waals surface area contributed by atoms with E-state index >= 15 is 0 Å². The first kappa shape index (κ1) is 19.6. The van der Waals surface area contributed by atoms with Crippen LogP contribution in [-0.4, -0.2) is 51.4 Å². The molecule has 8 heteroatoms. The summed E-state index contributed by atoms with van der Waals surface area (Å²) in [5.41, 5.74) is 1.07. The summed E-state index contributed by atoms with van der Waals surface area (Å²) >= 11 is 0. The Morgan fingerprint density at radius 2 is 2.00 bits per heavy atom. The molecular weight excluding hydrogens is 358 g/mol. The zero-order valence-electron chi connectivity index (χ0n) is 15.9. The van der Waals surface area contributed by atoms with Crippen LogP contribution in [0, 0.1) is 6.92 Å². The van der Waals surface area contributed by atoms with Crippen LogP contribution in [0.4, 0.5) is 4.79 Å². The summed E-state index contributed by atoms with van der Waals surface area (Å²) in [7, 11) is 0. The molecule has 1 aromatic carbocycles. The molecule has 2 aromatic rings. The first-order valence-corrected chi connectivity index (χ1v) is 9.45. The average Bonchev–Trinajstić information content (AvgIpc) is 3.22. The summed E-state index contributed by atoms with van der Waals surface area (Å²) in [5.74, 6) is 0.495. The number of imidazole rings is 1. The van der Waals surface area contributed by atoms with E-state index in [2.05, 4.69) is 15.6 Å². The van der Waals surface area contributed by atoms with E-state index in [1.807, 2.05) is 48.0 Å². The Morgan fingerprint density at radius 1 is 1.21 bits per heavy atom. The number of aromatic nitrogens is 2. The van der Waals surface area contributed by atoms with E-state index in [1.54, 1.807) is 6.20 Å². The summed E-state index contributed by atoms with van der Waals surface area (Å²) in [6.45, 7) is 3.37. The van der Waals surface area contributed by atoms with E-state index in [0.29, 0.717) is 32.5 Å². The lowest BCUT2D eigenvalue weighted by Crippen LogP contribution is -2.34. The normalized spacial score (nSPS) is 16.3. The summed E-state index contributed by atoms with van der Waals surface area (Å²) in [6.07, 6.45) is 4.67. The number of imide groups is 1. The molecule has 1 saturated heterocycles. The third-order valence-corrected chi connectivity index (χ3v) is 4.83. The second kappa shape index (κ2) is 9.16. The van der Waals surface area contributed by atoms with E-state index in [-0.39, 0.29) is 24.3 Å². The van der Waals surface area contributed by atoms with Gasteiger partial charge in [-0.15, -0.1) is 0 Å². The van der Waals surface area contributed by atoms with Gasteiger partial charge in [-0.05, 0) is 25.3 Å². The molecular formula is C20H25N5O3. The van der Waals surface area contributed by atoms with Crippen LogP contribution in [0.3, 0.4) is 0 Å². The van der Waals surface area contributed by atoms with Crippen LogP contribution in [0.15, 0.2) is 42.7 Å². The number of hydrogen-bond donors (Lipinski definition) is 2. The Labute approximate surface area is 163 Å². The van der Waals surface area contributed by atoms with Gasteiger partial charge in [-0.3, -0.25) is 14.5 Å². The molecule has 148 valence electrons. The van der Waals surface area contributed by atoms with Gasteiger partial charge >= 0.3 is 6.03 Å². The van der Waals surface area contributed by atoms with E-state index in [1.165, 1.54) is 4.90 Å². The Balaban J connectivity index is 1.39. The van der Waals surface area contributed by atoms with Gasteiger partial charge in [0.2, 0.25) is 5.91 Å². The molecule has 0 spiro atoms. The quantitative estimate of drug-likeness (QED) is 0.637. The number of hydrogen-bond acceptors (Lipinski definition) is 4.